The Morgan fingerprint density at radius 1 is 1.39 bits per heavy atom. The summed E-state index contributed by atoms with van der Waals surface area (Å²) >= 11 is 0. The highest BCUT2D eigenvalue weighted by Gasteiger charge is 2.65. The maximum Gasteiger partial charge on any atom is 0.252 e. The fraction of sp³-hybridized carbons (Fsp3) is 0.636. The number of fused-ring (bicyclic) bond motifs is 1. The zero-order valence-electron chi connectivity index (χ0n) is 16.7. The molecule has 2 aliphatic carbocycles. The Morgan fingerprint density at radius 2 is 2.14 bits per heavy atom. The molecule has 4 rings (SSSR count). The molecule has 1 aromatic carbocycles. The quantitative estimate of drug-likeness (QED) is 0.735. The van der Waals surface area contributed by atoms with E-state index in [0.29, 0.717) is 37.3 Å². The number of aromatic hydroxyl groups is 1. The van der Waals surface area contributed by atoms with E-state index < -0.39 is 16.9 Å². The number of rotatable bonds is 4. The number of carbonyl (C=O) groups is 2. The second-order valence-electron chi connectivity index (χ2n) is 8.93. The van der Waals surface area contributed by atoms with Gasteiger partial charge in [0, 0.05) is 35.9 Å². The van der Waals surface area contributed by atoms with Gasteiger partial charge in [-0.25, -0.2) is 0 Å². The first kappa shape index (κ1) is 19.4. The zero-order valence-corrected chi connectivity index (χ0v) is 16.7. The lowest BCUT2D eigenvalue weighted by Crippen LogP contribution is -2.74. The second-order valence-corrected chi connectivity index (χ2v) is 8.93. The number of hydrogen-bond acceptors (Lipinski definition) is 5. The maximum atomic E-state index is 12.5. The van der Waals surface area contributed by atoms with Gasteiger partial charge in [0.2, 0.25) is 0 Å². The number of Topliss-reactive ketones (excluding diaryl/α,β-unsaturated/α-hetero) is 1. The van der Waals surface area contributed by atoms with Crippen molar-refractivity contribution in [2.24, 2.45) is 5.73 Å². The minimum Gasteiger partial charge on any atom is -0.507 e. The first-order valence-electron chi connectivity index (χ1n) is 10.4. The highest BCUT2D eigenvalue weighted by atomic mass is 16.3. The smallest absolute Gasteiger partial charge is 0.252 e. The van der Waals surface area contributed by atoms with Crippen molar-refractivity contribution in [3.8, 4) is 5.75 Å². The molecule has 6 nitrogen and oxygen atoms in total. The molecular formula is C22H30N2O4. The molecule has 1 amide bonds. The third-order valence-electron chi connectivity index (χ3n) is 7.56. The summed E-state index contributed by atoms with van der Waals surface area (Å²) < 4.78 is 0. The normalized spacial score (nSPS) is 33.1. The molecule has 1 heterocycles. The van der Waals surface area contributed by atoms with E-state index in [1.165, 1.54) is 0 Å². The standard InChI is InChI=1S/C22H30N2O4/c1-3-4-13(2)24-10-9-21-12-15(25)7-8-22(21,28)17(24)11-14-5-6-16(20(23)27)19(26)18(14)21/h5-6,13,17,26,28H,3-4,7-12H2,1-2H3,(H2,23,27)/t13-,17-,21-,22-/m1/s1. The lowest BCUT2D eigenvalue weighted by molar-refractivity contribution is -0.178. The maximum absolute atomic E-state index is 12.5. The van der Waals surface area contributed by atoms with Crippen LogP contribution in [0.4, 0.5) is 0 Å². The number of nitrogens with zero attached hydrogens (tertiary/aromatic N) is 1. The monoisotopic (exact) mass is 386 g/mol. The SMILES string of the molecule is CCC[C@@H](C)N1CC[C@]23CC(=O)CC[C@@]2(O)[C@H]1Cc1ccc(C(N)=O)c(O)c13. The van der Waals surface area contributed by atoms with Crippen molar-refractivity contribution in [3.63, 3.8) is 0 Å². The minimum absolute atomic E-state index is 0.0636. The fourth-order valence-electron chi connectivity index (χ4n) is 6.26. The van der Waals surface area contributed by atoms with Gasteiger partial charge in [-0.3, -0.25) is 14.5 Å². The van der Waals surface area contributed by atoms with Gasteiger partial charge in [-0.15, -0.1) is 0 Å². The number of phenols is 1. The van der Waals surface area contributed by atoms with E-state index >= 15 is 0 Å². The number of aliphatic hydroxyl groups is 1. The number of primary amides is 1. The molecule has 0 spiro atoms. The Balaban J connectivity index is 1.92. The molecule has 0 unspecified atom stereocenters. The van der Waals surface area contributed by atoms with Crippen molar-refractivity contribution >= 4 is 11.7 Å². The summed E-state index contributed by atoms with van der Waals surface area (Å²) in [4.78, 5) is 26.7. The molecule has 1 saturated carbocycles. The molecule has 0 radical (unpaired) electrons. The van der Waals surface area contributed by atoms with Crippen molar-refractivity contribution in [3.05, 3.63) is 28.8 Å². The van der Waals surface area contributed by atoms with Crippen LogP contribution in [0.3, 0.4) is 0 Å². The van der Waals surface area contributed by atoms with E-state index in [1.807, 2.05) is 6.07 Å². The highest BCUT2D eigenvalue weighted by molar-refractivity contribution is 5.96. The van der Waals surface area contributed by atoms with Crippen LogP contribution in [0, 0.1) is 0 Å². The second kappa shape index (κ2) is 6.56. The predicted molar refractivity (Wildman–Crippen MR) is 105 cm³/mol. The number of hydrogen-bond donors (Lipinski definition) is 3. The number of amides is 1. The van der Waals surface area contributed by atoms with E-state index in [2.05, 4.69) is 18.7 Å². The summed E-state index contributed by atoms with van der Waals surface area (Å²) in [6, 6.07) is 3.66. The lowest BCUT2D eigenvalue weighted by atomic mass is 9.49. The molecule has 1 aliphatic heterocycles. The van der Waals surface area contributed by atoms with E-state index in [-0.39, 0.29) is 29.6 Å². The predicted octanol–water partition coefficient (Wildman–Crippen LogP) is 2.03. The molecule has 28 heavy (non-hydrogen) atoms. The van der Waals surface area contributed by atoms with E-state index in [4.69, 9.17) is 5.73 Å². The molecule has 2 fully saturated rings. The van der Waals surface area contributed by atoms with Gasteiger partial charge < -0.3 is 15.9 Å². The van der Waals surface area contributed by atoms with Crippen LogP contribution < -0.4 is 5.73 Å². The Morgan fingerprint density at radius 3 is 2.82 bits per heavy atom. The van der Waals surface area contributed by atoms with Crippen molar-refractivity contribution < 1.29 is 19.8 Å². The van der Waals surface area contributed by atoms with Crippen LogP contribution in [0.1, 0.15) is 73.9 Å². The molecule has 4 N–H and O–H groups in total. The average Bonchev–Trinajstić information content (AvgIpc) is 2.62. The third-order valence-corrected chi connectivity index (χ3v) is 7.56. The fourth-order valence-corrected chi connectivity index (χ4v) is 6.26. The molecule has 0 aromatic heterocycles. The molecule has 1 aromatic rings. The Labute approximate surface area is 165 Å². The number of benzene rings is 1. The Bertz CT molecular complexity index is 838. The van der Waals surface area contributed by atoms with Crippen LogP contribution in [0.2, 0.25) is 0 Å². The Hall–Kier alpha value is -1.92. The highest BCUT2D eigenvalue weighted by Crippen LogP contribution is 2.60. The van der Waals surface area contributed by atoms with E-state index in [0.717, 1.165) is 24.9 Å². The van der Waals surface area contributed by atoms with Gasteiger partial charge in [0.15, 0.2) is 0 Å². The molecular weight excluding hydrogens is 356 g/mol. The molecule has 152 valence electrons. The molecule has 2 bridgehead atoms. The summed E-state index contributed by atoms with van der Waals surface area (Å²) in [5.74, 6) is -0.736. The van der Waals surface area contributed by atoms with Crippen molar-refractivity contribution in [1.29, 1.82) is 0 Å². The summed E-state index contributed by atoms with van der Waals surface area (Å²) in [5, 5.41) is 23.0. The van der Waals surface area contributed by atoms with Crippen molar-refractivity contribution in [2.75, 3.05) is 6.54 Å². The van der Waals surface area contributed by atoms with E-state index in [1.54, 1.807) is 6.07 Å². The summed E-state index contributed by atoms with van der Waals surface area (Å²) in [5.41, 5.74) is 5.08. The van der Waals surface area contributed by atoms with Gasteiger partial charge in [-0.1, -0.05) is 19.4 Å². The summed E-state index contributed by atoms with van der Waals surface area (Å²) in [7, 11) is 0. The zero-order chi connectivity index (χ0) is 20.3. The minimum atomic E-state index is -1.10. The van der Waals surface area contributed by atoms with Crippen LogP contribution in [0.5, 0.6) is 5.75 Å². The Kier molecular flexibility index (Phi) is 4.55. The van der Waals surface area contributed by atoms with Gasteiger partial charge in [0.1, 0.15) is 11.5 Å². The van der Waals surface area contributed by atoms with Gasteiger partial charge in [0.05, 0.1) is 11.2 Å². The van der Waals surface area contributed by atoms with Gasteiger partial charge in [0.25, 0.3) is 5.91 Å². The summed E-state index contributed by atoms with van der Waals surface area (Å²) in [6.07, 6.45) is 4.27. The first-order chi connectivity index (χ1) is 13.2. The van der Waals surface area contributed by atoms with Crippen LogP contribution in [-0.2, 0) is 16.6 Å². The van der Waals surface area contributed by atoms with Crippen molar-refractivity contribution in [1.82, 2.24) is 4.90 Å². The number of carbonyl (C=O) groups excluding carboxylic acids is 2. The van der Waals surface area contributed by atoms with Gasteiger partial charge >= 0.3 is 0 Å². The number of piperidine rings is 1. The van der Waals surface area contributed by atoms with Crippen LogP contribution >= 0.6 is 0 Å². The largest absolute Gasteiger partial charge is 0.507 e. The number of likely N-dealkylation sites (tertiary alicyclic amines) is 1. The van der Waals surface area contributed by atoms with Crippen LogP contribution in [0.15, 0.2) is 12.1 Å². The molecule has 6 heteroatoms. The summed E-state index contributed by atoms with van der Waals surface area (Å²) in [6.45, 7) is 5.14. The van der Waals surface area contributed by atoms with Crippen molar-refractivity contribution in [2.45, 2.75) is 81.9 Å². The van der Waals surface area contributed by atoms with E-state index in [9.17, 15) is 19.8 Å². The number of ketones is 1. The van der Waals surface area contributed by atoms with Crippen LogP contribution in [0.25, 0.3) is 0 Å². The lowest BCUT2D eigenvalue weighted by Gasteiger charge is -2.64. The van der Waals surface area contributed by atoms with Gasteiger partial charge in [-0.2, -0.15) is 0 Å². The van der Waals surface area contributed by atoms with Gasteiger partial charge in [-0.05, 0) is 50.8 Å². The van der Waals surface area contributed by atoms with Crippen LogP contribution in [-0.4, -0.2) is 51.0 Å². The third kappa shape index (κ3) is 2.47. The topological polar surface area (TPSA) is 104 Å². The average molecular weight is 386 g/mol. The molecule has 3 aliphatic rings. The first-order valence-corrected chi connectivity index (χ1v) is 10.4. The number of nitrogens with two attached hydrogens (primary N) is 1. The molecule has 1 saturated heterocycles. The molecule has 4 atom stereocenters.